The monoisotopic (exact) mass is 263 g/mol. The molecule has 0 saturated heterocycles. The van der Waals surface area contributed by atoms with E-state index in [1.165, 1.54) is 29.0 Å². The number of imidazole rings is 1. The van der Waals surface area contributed by atoms with Crippen molar-refractivity contribution in [2.24, 2.45) is 5.73 Å². The molecule has 0 atom stereocenters. The molecule has 0 aromatic carbocycles. The van der Waals surface area contributed by atoms with Crippen molar-refractivity contribution < 1.29 is 0 Å². The molecule has 0 bridgehead atoms. The van der Waals surface area contributed by atoms with E-state index in [-0.39, 0.29) is 0 Å². The van der Waals surface area contributed by atoms with E-state index in [0.717, 1.165) is 30.9 Å². The van der Waals surface area contributed by atoms with Crippen LogP contribution in [-0.4, -0.2) is 16.5 Å². The third kappa shape index (κ3) is 3.68. The fourth-order valence-electron chi connectivity index (χ4n) is 1.98. The summed E-state index contributed by atoms with van der Waals surface area (Å²) in [5, 5.41) is 0. The van der Waals surface area contributed by atoms with Crippen LogP contribution in [0.25, 0.3) is 10.6 Å². The van der Waals surface area contributed by atoms with Gasteiger partial charge < -0.3 is 10.7 Å². The molecular formula is C14H21N3S. The maximum Gasteiger partial charge on any atom is 0.106 e. The predicted molar refractivity (Wildman–Crippen MR) is 77.9 cm³/mol. The number of hydrogen-bond acceptors (Lipinski definition) is 3. The van der Waals surface area contributed by atoms with E-state index >= 15 is 0 Å². The van der Waals surface area contributed by atoms with E-state index in [9.17, 15) is 0 Å². The van der Waals surface area contributed by atoms with Crippen LogP contribution in [-0.2, 0) is 6.42 Å². The number of aromatic nitrogens is 2. The highest BCUT2D eigenvalue weighted by atomic mass is 32.1. The van der Waals surface area contributed by atoms with Gasteiger partial charge in [-0.25, -0.2) is 4.98 Å². The SMILES string of the molecule is Cc1ccc(-c2cnc(CCCCCCN)[nH]2)s1. The number of nitrogens with one attached hydrogen (secondary N) is 1. The summed E-state index contributed by atoms with van der Waals surface area (Å²) in [4.78, 5) is 10.5. The summed E-state index contributed by atoms with van der Waals surface area (Å²) >= 11 is 1.80. The largest absolute Gasteiger partial charge is 0.341 e. The van der Waals surface area contributed by atoms with Gasteiger partial charge in [0.25, 0.3) is 0 Å². The fraction of sp³-hybridized carbons (Fsp3) is 0.500. The highest BCUT2D eigenvalue weighted by Gasteiger charge is 2.05. The summed E-state index contributed by atoms with van der Waals surface area (Å²) in [6.45, 7) is 2.94. The van der Waals surface area contributed by atoms with Crippen LogP contribution >= 0.6 is 11.3 Å². The van der Waals surface area contributed by atoms with Gasteiger partial charge in [-0.3, -0.25) is 0 Å². The molecule has 3 nitrogen and oxygen atoms in total. The minimum Gasteiger partial charge on any atom is -0.341 e. The van der Waals surface area contributed by atoms with Crippen LogP contribution in [0, 0.1) is 6.92 Å². The van der Waals surface area contributed by atoms with Crippen molar-refractivity contribution in [3.05, 3.63) is 29.0 Å². The van der Waals surface area contributed by atoms with E-state index in [0.29, 0.717) is 0 Å². The summed E-state index contributed by atoms with van der Waals surface area (Å²) in [5.41, 5.74) is 6.62. The Labute approximate surface area is 112 Å². The molecule has 0 aliphatic rings. The Morgan fingerprint density at radius 1 is 1.22 bits per heavy atom. The van der Waals surface area contributed by atoms with Gasteiger partial charge in [-0.2, -0.15) is 0 Å². The number of nitrogens with two attached hydrogens (primary N) is 1. The van der Waals surface area contributed by atoms with Crippen molar-refractivity contribution in [3.63, 3.8) is 0 Å². The standard InChI is InChI=1S/C14H21N3S/c1-11-7-8-13(18-11)12-10-16-14(17-12)6-4-2-3-5-9-15/h7-8,10H,2-6,9,15H2,1H3,(H,16,17). The molecule has 0 amide bonds. The minimum absolute atomic E-state index is 0.808. The van der Waals surface area contributed by atoms with Crippen LogP contribution in [0.5, 0.6) is 0 Å². The first-order valence-corrected chi connectivity index (χ1v) is 7.42. The average Bonchev–Trinajstić information content (AvgIpc) is 2.97. The second-order valence-electron chi connectivity index (χ2n) is 4.61. The van der Waals surface area contributed by atoms with Crippen LogP contribution in [0.1, 0.15) is 36.4 Å². The normalized spacial score (nSPS) is 11.0. The molecule has 98 valence electrons. The zero-order valence-corrected chi connectivity index (χ0v) is 11.7. The van der Waals surface area contributed by atoms with Gasteiger partial charge in [-0.1, -0.05) is 12.8 Å². The van der Waals surface area contributed by atoms with Gasteiger partial charge in [0.05, 0.1) is 16.8 Å². The number of H-pyrrole nitrogens is 1. The smallest absolute Gasteiger partial charge is 0.106 e. The second-order valence-corrected chi connectivity index (χ2v) is 5.89. The van der Waals surface area contributed by atoms with Gasteiger partial charge in [0.1, 0.15) is 5.82 Å². The Kier molecular flexibility index (Phi) is 4.96. The lowest BCUT2D eigenvalue weighted by Crippen LogP contribution is -1.98. The number of unbranched alkanes of at least 4 members (excludes halogenated alkanes) is 3. The van der Waals surface area contributed by atoms with Crippen molar-refractivity contribution in [3.8, 4) is 10.6 Å². The molecule has 0 saturated carbocycles. The number of hydrogen-bond donors (Lipinski definition) is 2. The second kappa shape index (κ2) is 6.71. The Bertz CT molecular complexity index is 473. The van der Waals surface area contributed by atoms with Gasteiger partial charge in [0, 0.05) is 11.3 Å². The van der Waals surface area contributed by atoms with E-state index in [2.05, 4.69) is 29.0 Å². The first-order valence-electron chi connectivity index (χ1n) is 6.60. The first kappa shape index (κ1) is 13.3. The third-order valence-electron chi connectivity index (χ3n) is 3.00. The highest BCUT2D eigenvalue weighted by Crippen LogP contribution is 2.26. The van der Waals surface area contributed by atoms with Gasteiger partial charge in [0.15, 0.2) is 0 Å². The van der Waals surface area contributed by atoms with Gasteiger partial charge in [-0.15, -0.1) is 11.3 Å². The topological polar surface area (TPSA) is 54.7 Å². The highest BCUT2D eigenvalue weighted by molar-refractivity contribution is 7.15. The number of thiophene rings is 1. The number of aryl methyl sites for hydroxylation is 2. The molecular weight excluding hydrogens is 242 g/mol. The van der Waals surface area contributed by atoms with Crippen LogP contribution in [0.15, 0.2) is 18.3 Å². The minimum atomic E-state index is 0.808. The van der Waals surface area contributed by atoms with Crippen molar-refractivity contribution >= 4 is 11.3 Å². The zero-order chi connectivity index (χ0) is 12.8. The molecule has 2 heterocycles. The molecule has 0 unspecified atom stereocenters. The Balaban J connectivity index is 1.83. The predicted octanol–water partition coefficient (Wildman–Crippen LogP) is 3.51. The molecule has 3 N–H and O–H groups in total. The first-order chi connectivity index (χ1) is 8.79. The molecule has 2 aromatic rings. The third-order valence-corrected chi connectivity index (χ3v) is 4.04. The molecule has 0 aliphatic heterocycles. The lowest BCUT2D eigenvalue weighted by atomic mass is 10.1. The summed E-state index contributed by atoms with van der Waals surface area (Å²) in [5.74, 6) is 1.10. The van der Waals surface area contributed by atoms with E-state index in [1.54, 1.807) is 11.3 Å². The Hall–Kier alpha value is -1.13. The zero-order valence-electron chi connectivity index (χ0n) is 10.9. The lowest BCUT2D eigenvalue weighted by molar-refractivity contribution is 0.638. The lowest BCUT2D eigenvalue weighted by Gasteiger charge is -1.98. The van der Waals surface area contributed by atoms with Crippen LogP contribution < -0.4 is 5.73 Å². The van der Waals surface area contributed by atoms with E-state index in [1.807, 2.05) is 6.20 Å². The van der Waals surface area contributed by atoms with Crippen molar-refractivity contribution in [2.75, 3.05) is 6.54 Å². The Morgan fingerprint density at radius 3 is 2.78 bits per heavy atom. The molecule has 2 rings (SSSR count). The molecule has 4 heteroatoms. The van der Waals surface area contributed by atoms with Crippen molar-refractivity contribution in [2.45, 2.75) is 39.0 Å². The molecule has 0 spiro atoms. The number of rotatable bonds is 7. The molecule has 0 aliphatic carbocycles. The van der Waals surface area contributed by atoms with Crippen molar-refractivity contribution in [1.29, 1.82) is 0 Å². The molecule has 18 heavy (non-hydrogen) atoms. The summed E-state index contributed by atoms with van der Waals surface area (Å²) in [6.07, 6.45) is 7.78. The maximum atomic E-state index is 5.47. The van der Waals surface area contributed by atoms with Crippen LogP contribution in [0.4, 0.5) is 0 Å². The fourth-order valence-corrected chi connectivity index (χ4v) is 2.82. The van der Waals surface area contributed by atoms with Crippen LogP contribution in [0.2, 0.25) is 0 Å². The van der Waals surface area contributed by atoms with Crippen LogP contribution in [0.3, 0.4) is 0 Å². The number of aromatic amines is 1. The quantitative estimate of drug-likeness (QED) is 0.751. The summed E-state index contributed by atoms with van der Waals surface area (Å²) < 4.78 is 0. The maximum absolute atomic E-state index is 5.47. The average molecular weight is 263 g/mol. The molecule has 0 radical (unpaired) electrons. The summed E-state index contributed by atoms with van der Waals surface area (Å²) in [7, 11) is 0. The van der Waals surface area contributed by atoms with E-state index < -0.39 is 0 Å². The van der Waals surface area contributed by atoms with Gasteiger partial charge >= 0.3 is 0 Å². The van der Waals surface area contributed by atoms with E-state index in [4.69, 9.17) is 5.73 Å². The van der Waals surface area contributed by atoms with Gasteiger partial charge in [0.2, 0.25) is 0 Å². The molecule has 2 aromatic heterocycles. The molecule has 0 fully saturated rings. The van der Waals surface area contributed by atoms with Crippen molar-refractivity contribution in [1.82, 2.24) is 9.97 Å². The summed E-state index contributed by atoms with van der Waals surface area (Å²) in [6, 6.07) is 4.30. The number of nitrogens with zero attached hydrogens (tertiary/aromatic N) is 1. The Morgan fingerprint density at radius 2 is 2.06 bits per heavy atom. The van der Waals surface area contributed by atoms with Gasteiger partial charge in [-0.05, 0) is 38.4 Å².